The second-order valence-corrected chi connectivity index (χ2v) is 7.85. The Morgan fingerprint density at radius 3 is 2.55 bits per heavy atom. The Morgan fingerprint density at radius 1 is 0.909 bits per heavy atom. The summed E-state index contributed by atoms with van der Waals surface area (Å²) in [5.74, 6) is 0.140. The predicted molar refractivity (Wildman–Crippen MR) is 132 cm³/mol. The zero-order valence-electron chi connectivity index (χ0n) is 17.9. The Kier molecular flexibility index (Phi) is 4.36. The van der Waals surface area contributed by atoms with E-state index in [-0.39, 0.29) is 5.75 Å². The van der Waals surface area contributed by atoms with E-state index in [0.29, 0.717) is 27.8 Å². The number of aliphatic imine (C=N–C) groups is 1. The molecule has 6 rings (SSSR count). The highest BCUT2D eigenvalue weighted by molar-refractivity contribution is 6.02. The van der Waals surface area contributed by atoms with E-state index >= 15 is 0 Å². The summed E-state index contributed by atoms with van der Waals surface area (Å²) < 4.78 is 7.60. The number of phenolic OH excluding ortho intramolecular Hbond substituents is 1. The van der Waals surface area contributed by atoms with Gasteiger partial charge in [-0.05, 0) is 55.0 Å². The second-order valence-electron chi connectivity index (χ2n) is 7.85. The van der Waals surface area contributed by atoms with Gasteiger partial charge in [-0.1, -0.05) is 48.5 Å². The number of fused-ring (bicyclic) bond motifs is 5. The number of aromatic hydroxyl groups is 1. The van der Waals surface area contributed by atoms with E-state index < -0.39 is 0 Å². The molecule has 0 spiro atoms. The van der Waals surface area contributed by atoms with Crippen molar-refractivity contribution < 1.29 is 9.63 Å². The number of aryl methyl sites for hydroxylation is 1. The van der Waals surface area contributed by atoms with Crippen molar-refractivity contribution in [2.45, 2.75) is 6.92 Å². The van der Waals surface area contributed by atoms with Gasteiger partial charge < -0.3 is 14.5 Å². The third-order valence-corrected chi connectivity index (χ3v) is 5.76. The summed E-state index contributed by atoms with van der Waals surface area (Å²) in [7, 11) is 0. The van der Waals surface area contributed by atoms with Crippen LogP contribution in [0.4, 0.5) is 17.1 Å². The molecule has 0 aliphatic rings. The highest BCUT2D eigenvalue weighted by Gasteiger charge is 2.17. The van der Waals surface area contributed by atoms with Crippen LogP contribution >= 0.6 is 0 Å². The van der Waals surface area contributed by atoms with Gasteiger partial charge in [0, 0.05) is 11.4 Å². The predicted octanol–water partition coefficient (Wildman–Crippen LogP) is 6.75. The van der Waals surface area contributed by atoms with Crippen molar-refractivity contribution in [3.63, 3.8) is 0 Å². The monoisotopic (exact) mass is 432 g/mol. The van der Waals surface area contributed by atoms with Crippen molar-refractivity contribution in [2.24, 2.45) is 4.99 Å². The number of benzene rings is 4. The average molecular weight is 432 g/mol. The van der Waals surface area contributed by atoms with Crippen LogP contribution in [-0.4, -0.2) is 21.0 Å². The first kappa shape index (κ1) is 19.1. The smallest absolute Gasteiger partial charge is 0.185 e. The summed E-state index contributed by atoms with van der Waals surface area (Å²) in [6, 6.07) is 29.3. The Labute approximate surface area is 189 Å². The summed E-state index contributed by atoms with van der Waals surface area (Å²) in [4.78, 5) is 11.7. The number of aromatic nitrogens is 2. The fourth-order valence-corrected chi connectivity index (χ4v) is 4.15. The van der Waals surface area contributed by atoms with Crippen LogP contribution in [0.5, 0.6) is 5.75 Å². The third kappa shape index (κ3) is 3.11. The molecule has 0 bridgehead atoms. The molecule has 6 heteroatoms. The minimum atomic E-state index is 0.140. The molecule has 0 radical (unpaired) electrons. The van der Waals surface area contributed by atoms with Gasteiger partial charge in [0.05, 0.1) is 5.69 Å². The normalized spacial score (nSPS) is 11.8. The van der Waals surface area contributed by atoms with E-state index in [0.717, 1.165) is 22.5 Å². The van der Waals surface area contributed by atoms with Gasteiger partial charge >= 0.3 is 0 Å². The molecule has 2 aromatic heterocycles. The van der Waals surface area contributed by atoms with Gasteiger partial charge in [-0.2, -0.15) is 4.57 Å². The van der Waals surface area contributed by atoms with Crippen LogP contribution in [0.25, 0.3) is 27.6 Å². The Morgan fingerprint density at radius 2 is 1.70 bits per heavy atom. The molecule has 33 heavy (non-hydrogen) atoms. The van der Waals surface area contributed by atoms with Gasteiger partial charge in [0.25, 0.3) is 0 Å². The van der Waals surface area contributed by atoms with Crippen LogP contribution in [0, 0.1) is 6.92 Å². The van der Waals surface area contributed by atoms with E-state index in [4.69, 9.17) is 14.5 Å². The zero-order valence-corrected chi connectivity index (χ0v) is 17.9. The zero-order chi connectivity index (χ0) is 22.4. The van der Waals surface area contributed by atoms with Gasteiger partial charge in [0.1, 0.15) is 28.5 Å². The van der Waals surface area contributed by atoms with Crippen LogP contribution in [0.15, 0.2) is 101 Å². The Bertz CT molecular complexity index is 1650. The number of hydrogen-bond acceptors (Lipinski definition) is 4. The molecule has 4 aromatic carbocycles. The molecule has 160 valence electrons. The summed E-state index contributed by atoms with van der Waals surface area (Å²) in [5, 5.41) is 10.9. The average Bonchev–Trinajstić information content (AvgIpc) is 3.38. The van der Waals surface area contributed by atoms with Crippen LogP contribution in [0.1, 0.15) is 5.56 Å². The molecular weight excluding hydrogens is 412 g/mol. The lowest BCUT2D eigenvalue weighted by Crippen LogP contribution is -2.15. The largest absolute Gasteiger partial charge is 0.507 e. The molecule has 0 aliphatic heterocycles. The minimum Gasteiger partial charge on any atom is -0.507 e. The standard InChI is InChI=1S/C27H20N4O2/c1-18-9-5-6-13-21(18)30(19-10-3-2-4-11-19)17-28-20-12-7-14-22-26(20)29-27-25-23(32)15-8-16-24(25)33-31(22)27/h2-17,32H,1H3. The molecule has 6 aromatic rings. The first-order valence-corrected chi connectivity index (χ1v) is 10.7. The van der Waals surface area contributed by atoms with E-state index in [9.17, 15) is 5.11 Å². The lowest BCUT2D eigenvalue weighted by Gasteiger charge is -2.21. The van der Waals surface area contributed by atoms with Gasteiger partial charge in [-0.15, -0.1) is 0 Å². The fraction of sp³-hybridized carbons (Fsp3) is 0.0370. The van der Waals surface area contributed by atoms with Crippen LogP contribution in [0.2, 0.25) is 0 Å². The summed E-state index contributed by atoms with van der Waals surface area (Å²) >= 11 is 0. The van der Waals surface area contributed by atoms with Crippen LogP contribution in [0.3, 0.4) is 0 Å². The molecule has 0 saturated heterocycles. The molecule has 6 nitrogen and oxygen atoms in total. The molecule has 0 atom stereocenters. The number of phenols is 1. The van der Waals surface area contributed by atoms with Crippen molar-refractivity contribution in [3.8, 4) is 5.75 Å². The Hall–Kier alpha value is -4.58. The number of anilines is 2. The topological polar surface area (TPSA) is 66.3 Å². The second kappa shape index (κ2) is 7.53. The number of nitrogens with zero attached hydrogens (tertiary/aromatic N) is 4. The fourth-order valence-electron chi connectivity index (χ4n) is 4.15. The van der Waals surface area contributed by atoms with Crippen molar-refractivity contribution in [2.75, 3.05) is 4.90 Å². The van der Waals surface area contributed by atoms with E-state index in [1.54, 1.807) is 16.7 Å². The number of imidazole rings is 1. The molecule has 0 aliphatic carbocycles. The first-order valence-electron chi connectivity index (χ1n) is 10.7. The third-order valence-electron chi connectivity index (χ3n) is 5.76. The quantitative estimate of drug-likeness (QED) is 0.247. The number of para-hydroxylation sites is 3. The molecule has 0 saturated carbocycles. The van der Waals surface area contributed by atoms with E-state index in [2.05, 4.69) is 36.1 Å². The number of hydrogen-bond donors (Lipinski definition) is 1. The van der Waals surface area contributed by atoms with Crippen molar-refractivity contribution in [1.82, 2.24) is 9.56 Å². The highest BCUT2D eigenvalue weighted by Crippen LogP contribution is 2.35. The van der Waals surface area contributed by atoms with Gasteiger partial charge in [0.15, 0.2) is 11.2 Å². The summed E-state index contributed by atoms with van der Waals surface area (Å²) in [6.07, 6.45) is 1.82. The van der Waals surface area contributed by atoms with Gasteiger partial charge in [-0.3, -0.25) is 0 Å². The van der Waals surface area contributed by atoms with Crippen molar-refractivity contribution >= 4 is 51.1 Å². The maximum absolute atomic E-state index is 10.4. The summed E-state index contributed by atoms with van der Waals surface area (Å²) in [6.45, 7) is 2.08. The van der Waals surface area contributed by atoms with E-state index in [1.165, 1.54) is 0 Å². The molecule has 0 amide bonds. The minimum absolute atomic E-state index is 0.140. The summed E-state index contributed by atoms with van der Waals surface area (Å²) in [5.41, 5.74) is 6.57. The van der Waals surface area contributed by atoms with Crippen LogP contribution < -0.4 is 4.90 Å². The lowest BCUT2D eigenvalue weighted by molar-refractivity contribution is 0.423. The lowest BCUT2D eigenvalue weighted by atomic mass is 10.1. The molecule has 0 fully saturated rings. The van der Waals surface area contributed by atoms with Crippen molar-refractivity contribution in [3.05, 3.63) is 96.6 Å². The van der Waals surface area contributed by atoms with Gasteiger partial charge in [-0.25, -0.2) is 9.98 Å². The van der Waals surface area contributed by atoms with Gasteiger partial charge in [0.2, 0.25) is 0 Å². The highest BCUT2D eigenvalue weighted by atomic mass is 16.5. The molecule has 0 unspecified atom stereocenters. The van der Waals surface area contributed by atoms with Crippen LogP contribution in [-0.2, 0) is 0 Å². The maximum Gasteiger partial charge on any atom is 0.185 e. The SMILES string of the molecule is Cc1ccccc1N(C=Nc1cccc2c1nc1c3c(O)cccc3on21)c1ccccc1. The Balaban J connectivity index is 1.51. The molecule has 2 heterocycles. The molecular formula is C27H20N4O2. The van der Waals surface area contributed by atoms with E-state index in [1.807, 2.05) is 60.9 Å². The molecule has 1 N–H and O–H groups in total. The maximum atomic E-state index is 10.4. The first-order chi connectivity index (χ1) is 16.2. The number of rotatable bonds is 4. The van der Waals surface area contributed by atoms with Crippen molar-refractivity contribution in [1.29, 1.82) is 0 Å².